The minimum atomic E-state index is -0.0799. The van der Waals surface area contributed by atoms with Gasteiger partial charge in [-0.3, -0.25) is 4.90 Å². The summed E-state index contributed by atoms with van der Waals surface area (Å²) in [4.78, 5) is 2.65. The summed E-state index contributed by atoms with van der Waals surface area (Å²) in [6, 6.07) is 0. The fraction of sp³-hybridized carbons (Fsp3) is 1.00. The Morgan fingerprint density at radius 3 is 2.05 bits per heavy atom. The van der Waals surface area contributed by atoms with Crippen LogP contribution in [0.3, 0.4) is 0 Å². The zero-order valence-corrected chi connectivity index (χ0v) is 15.0. The standard InChI is InChI=1S/C18H35NO2/c1-16(2,3)18(17(4,5)6)14-19(9-12-21-18)13-15-7-10-20-11-8-15/h15H,7-14H2,1-6H3. The highest BCUT2D eigenvalue weighted by molar-refractivity contribution is 5.04. The first-order chi connectivity index (χ1) is 9.66. The van der Waals surface area contributed by atoms with Gasteiger partial charge in [-0.2, -0.15) is 0 Å². The molecule has 0 unspecified atom stereocenters. The Balaban J connectivity index is 2.09. The lowest BCUT2D eigenvalue weighted by Crippen LogP contribution is -2.65. The van der Waals surface area contributed by atoms with Crippen LogP contribution in [-0.2, 0) is 9.47 Å². The van der Waals surface area contributed by atoms with Crippen LogP contribution in [0.2, 0.25) is 0 Å². The van der Waals surface area contributed by atoms with E-state index < -0.39 is 0 Å². The summed E-state index contributed by atoms with van der Waals surface area (Å²) < 4.78 is 11.9. The van der Waals surface area contributed by atoms with E-state index in [-0.39, 0.29) is 16.4 Å². The number of hydrogen-bond acceptors (Lipinski definition) is 3. The highest BCUT2D eigenvalue weighted by Crippen LogP contribution is 2.48. The van der Waals surface area contributed by atoms with Crippen molar-refractivity contribution in [3.8, 4) is 0 Å². The average Bonchev–Trinajstić information content (AvgIpc) is 2.37. The van der Waals surface area contributed by atoms with Gasteiger partial charge in [-0.05, 0) is 29.6 Å². The van der Waals surface area contributed by atoms with Gasteiger partial charge in [0, 0.05) is 32.8 Å². The van der Waals surface area contributed by atoms with Gasteiger partial charge in [0.05, 0.1) is 12.2 Å². The number of rotatable bonds is 2. The van der Waals surface area contributed by atoms with Crippen LogP contribution in [0, 0.1) is 16.7 Å². The van der Waals surface area contributed by atoms with E-state index >= 15 is 0 Å². The first-order valence-electron chi connectivity index (χ1n) is 8.60. The Kier molecular flexibility index (Phi) is 5.07. The van der Waals surface area contributed by atoms with Gasteiger partial charge < -0.3 is 9.47 Å². The Labute approximate surface area is 131 Å². The maximum atomic E-state index is 6.45. The zero-order chi connectivity index (χ0) is 15.7. The van der Waals surface area contributed by atoms with Gasteiger partial charge in [-0.15, -0.1) is 0 Å². The first-order valence-corrected chi connectivity index (χ1v) is 8.60. The SMILES string of the molecule is CC(C)(C)C1(C(C)(C)C)CN(CC2CCOCC2)CCO1. The normalized spacial score (nSPS) is 26.0. The van der Waals surface area contributed by atoms with Gasteiger partial charge >= 0.3 is 0 Å². The van der Waals surface area contributed by atoms with Gasteiger partial charge in [-0.1, -0.05) is 41.5 Å². The molecule has 2 fully saturated rings. The lowest BCUT2D eigenvalue weighted by molar-refractivity contribution is -0.219. The second-order valence-electron chi connectivity index (χ2n) is 8.97. The Hall–Kier alpha value is -0.120. The molecule has 0 spiro atoms. The molecule has 2 heterocycles. The molecule has 0 amide bonds. The molecular formula is C18H35NO2. The molecule has 3 nitrogen and oxygen atoms in total. The Morgan fingerprint density at radius 2 is 1.52 bits per heavy atom. The minimum Gasteiger partial charge on any atom is -0.381 e. The molecular weight excluding hydrogens is 262 g/mol. The van der Waals surface area contributed by atoms with Crippen LogP contribution in [-0.4, -0.2) is 50.0 Å². The molecule has 0 radical (unpaired) electrons. The third-order valence-electron chi connectivity index (χ3n) is 5.48. The monoisotopic (exact) mass is 297 g/mol. The third-order valence-corrected chi connectivity index (χ3v) is 5.48. The number of morpholine rings is 1. The quantitative estimate of drug-likeness (QED) is 0.777. The second-order valence-corrected chi connectivity index (χ2v) is 8.97. The van der Waals surface area contributed by atoms with Gasteiger partial charge in [0.25, 0.3) is 0 Å². The van der Waals surface area contributed by atoms with E-state index in [9.17, 15) is 0 Å². The number of nitrogens with zero attached hydrogens (tertiary/aromatic N) is 1. The predicted molar refractivity (Wildman–Crippen MR) is 87.6 cm³/mol. The molecule has 2 aliphatic rings. The number of hydrogen-bond donors (Lipinski definition) is 0. The smallest absolute Gasteiger partial charge is 0.0905 e. The van der Waals surface area contributed by atoms with E-state index in [1.54, 1.807) is 0 Å². The largest absolute Gasteiger partial charge is 0.381 e. The second kappa shape index (κ2) is 6.17. The van der Waals surface area contributed by atoms with Crippen LogP contribution in [0.5, 0.6) is 0 Å². The van der Waals surface area contributed by atoms with Crippen molar-refractivity contribution in [2.75, 3.05) is 39.5 Å². The van der Waals surface area contributed by atoms with Crippen LogP contribution in [0.15, 0.2) is 0 Å². The maximum absolute atomic E-state index is 6.45. The number of ether oxygens (including phenoxy) is 2. The zero-order valence-electron chi connectivity index (χ0n) is 15.0. The van der Waals surface area contributed by atoms with Gasteiger partial charge in [0.15, 0.2) is 0 Å². The van der Waals surface area contributed by atoms with Crippen molar-refractivity contribution in [3.63, 3.8) is 0 Å². The molecule has 3 heteroatoms. The van der Waals surface area contributed by atoms with Crippen molar-refractivity contribution in [3.05, 3.63) is 0 Å². The molecule has 0 aromatic carbocycles. The fourth-order valence-corrected chi connectivity index (χ4v) is 4.27. The van der Waals surface area contributed by atoms with Crippen molar-refractivity contribution in [2.45, 2.75) is 60.0 Å². The molecule has 2 rings (SSSR count). The Bertz CT molecular complexity index is 320. The first kappa shape index (κ1) is 17.2. The molecule has 0 atom stereocenters. The van der Waals surface area contributed by atoms with E-state index in [1.807, 2.05) is 0 Å². The topological polar surface area (TPSA) is 21.7 Å². The van der Waals surface area contributed by atoms with Crippen LogP contribution < -0.4 is 0 Å². The van der Waals surface area contributed by atoms with Crippen molar-refractivity contribution >= 4 is 0 Å². The van der Waals surface area contributed by atoms with Gasteiger partial charge in [-0.25, -0.2) is 0 Å². The summed E-state index contributed by atoms with van der Waals surface area (Å²) in [5.41, 5.74) is 0.197. The van der Waals surface area contributed by atoms with Crippen LogP contribution in [0.1, 0.15) is 54.4 Å². The lowest BCUT2D eigenvalue weighted by Gasteiger charge is -2.57. The molecule has 124 valence electrons. The third kappa shape index (κ3) is 3.62. The summed E-state index contributed by atoms with van der Waals surface area (Å²) in [5.74, 6) is 0.800. The predicted octanol–water partition coefficient (Wildman–Crippen LogP) is 3.58. The van der Waals surface area contributed by atoms with Crippen molar-refractivity contribution in [1.29, 1.82) is 0 Å². The van der Waals surface area contributed by atoms with E-state index in [0.717, 1.165) is 38.8 Å². The van der Waals surface area contributed by atoms with Crippen molar-refractivity contribution in [2.24, 2.45) is 16.7 Å². The molecule has 0 aliphatic carbocycles. The lowest BCUT2D eigenvalue weighted by atomic mass is 9.61. The Morgan fingerprint density at radius 1 is 0.952 bits per heavy atom. The molecule has 21 heavy (non-hydrogen) atoms. The van der Waals surface area contributed by atoms with Crippen molar-refractivity contribution in [1.82, 2.24) is 4.90 Å². The molecule has 0 aromatic rings. The summed E-state index contributed by atoms with van der Waals surface area (Å²) in [5, 5.41) is 0. The van der Waals surface area contributed by atoms with Crippen LogP contribution >= 0.6 is 0 Å². The maximum Gasteiger partial charge on any atom is 0.0905 e. The highest BCUT2D eigenvalue weighted by Gasteiger charge is 2.54. The molecule has 0 N–H and O–H groups in total. The summed E-state index contributed by atoms with van der Waals surface area (Å²) >= 11 is 0. The van der Waals surface area contributed by atoms with Crippen molar-refractivity contribution < 1.29 is 9.47 Å². The minimum absolute atomic E-state index is 0.0799. The highest BCUT2D eigenvalue weighted by atomic mass is 16.5. The van der Waals surface area contributed by atoms with E-state index in [0.29, 0.717) is 0 Å². The summed E-state index contributed by atoms with van der Waals surface area (Å²) in [6.45, 7) is 20.1. The van der Waals surface area contributed by atoms with Crippen LogP contribution in [0.25, 0.3) is 0 Å². The summed E-state index contributed by atoms with van der Waals surface area (Å²) in [7, 11) is 0. The van der Waals surface area contributed by atoms with E-state index in [2.05, 4.69) is 46.4 Å². The average molecular weight is 297 g/mol. The summed E-state index contributed by atoms with van der Waals surface area (Å²) in [6.07, 6.45) is 2.44. The van der Waals surface area contributed by atoms with Crippen LogP contribution in [0.4, 0.5) is 0 Å². The van der Waals surface area contributed by atoms with E-state index in [1.165, 1.54) is 19.4 Å². The molecule has 0 aromatic heterocycles. The van der Waals surface area contributed by atoms with Gasteiger partial charge in [0.2, 0.25) is 0 Å². The van der Waals surface area contributed by atoms with Gasteiger partial charge in [0.1, 0.15) is 0 Å². The van der Waals surface area contributed by atoms with E-state index in [4.69, 9.17) is 9.47 Å². The molecule has 2 saturated heterocycles. The molecule has 0 bridgehead atoms. The molecule has 2 aliphatic heterocycles. The fourth-order valence-electron chi connectivity index (χ4n) is 4.27. The molecule has 0 saturated carbocycles.